The van der Waals surface area contributed by atoms with E-state index >= 15 is 0 Å². The number of carbonyl (C=O) groups is 1. The lowest BCUT2D eigenvalue weighted by molar-refractivity contribution is 0.0829. The van der Waals surface area contributed by atoms with E-state index in [1.165, 1.54) is 5.56 Å². The summed E-state index contributed by atoms with van der Waals surface area (Å²) >= 11 is 1.70. The second-order valence-electron chi connectivity index (χ2n) is 5.70. The maximum Gasteiger partial charge on any atom is 0.318 e. The summed E-state index contributed by atoms with van der Waals surface area (Å²) in [4.78, 5) is 14.5. The molecule has 0 spiro atoms. The summed E-state index contributed by atoms with van der Waals surface area (Å²) < 4.78 is 5.65. The first-order valence-corrected chi connectivity index (χ1v) is 8.41. The molecule has 1 aromatic rings. The van der Waals surface area contributed by atoms with Crippen molar-refractivity contribution in [3.8, 4) is 0 Å². The summed E-state index contributed by atoms with van der Waals surface area (Å²) in [6, 6.07) is 2.53. The topological polar surface area (TPSA) is 41.6 Å². The highest BCUT2D eigenvalue weighted by molar-refractivity contribution is 7.07. The van der Waals surface area contributed by atoms with Gasteiger partial charge in [0, 0.05) is 13.2 Å². The predicted molar refractivity (Wildman–Crippen MR) is 80.0 cm³/mol. The van der Waals surface area contributed by atoms with Crippen LogP contribution in [0, 0.1) is 0 Å². The van der Waals surface area contributed by atoms with E-state index in [2.05, 4.69) is 22.1 Å². The number of thiophene rings is 1. The first-order chi connectivity index (χ1) is 9.75. The highest BCUT2D eigenvalue weighted by atomic mass is 32.1. The number of hydrogen-bond acceptors (Lipinski definition) is 3. The van der Waals surface area contributed by atoms with E-state index in [4.69, 9.17) is 4.74 Å². The maximum absolute atomic E-state index is 12.5. The van der Waals surface area contributed by atoms with Crippen molar-refractivity contribution in [2.45, 2.75) is 50.8 Å². The van der Waals surface area contributed by atoms with Crippen molar-refractivity contribution < 1.29 is 9.53 Å². The minimum Gasteiger partial charge on any atom is -0.376 e. The van der Waals surface area contributed by atoms with Gasteiger partial charge in [0.15, 0.2) is 0 Å². The molecule has 3 unspecified atom stereocenters. The summed E-state index contributed by atoms with van der Waals surface area (Å²) in [5, 5.41) is 7.36. The van der Waals surface area contributed by atoms with E-state index in [9.17, 15) is 4.79 Å². The molecule has 2 aliphatic rings. The molecule has 0 aromatic carbocycles. The Balaban J connectivity index is 1.61. The van der Waals surface area contributed by atoms with Gasteiger partial charge < -0.3 is 15.0 Å². The zero-order chi connectivity index (χ0) is 13.9. The molecule has 4 nitrogen and oxygen atoms in total. The van der Waals surface area contributed by atoms with E-state index in [0.717, 1.165) is 38.8 Å². The van der Waals surface area contributed by atoms with Crippen LogP contribution in [0.1, 0.15) is 44.2 Å². The molecule has 2 amide bonds. The molecular weight excluding hydrogens is 272 g/mol. The van der Waals surface area contributed by atoms with Gasteiger partial charge in [0.1, 0.15) is 0 Å². The quantitative estimate of drug-likeness (QED) is 0.930. The van der Waals surface area contributed by atoms with Crippen LogP contribution in [0.15, 0.2) is 16.8 Å². The minimum atomic E-state index is 0.0571. The Morgan fingerprint density at radius 1 is 1.50 bits per heavy atom. The van der Waals surface area contributed by atoms with E-state index in [1.807, 2.05) is 11.8 Å². The molecule has 3 atom stereocenters. The number of amides is 2. The van der Waals surface area contributed by atoms with Crippen molar-refractivity contribution in [1.29, 1.82) is 0 Å². The summed E-state index contributed by atoms with van der Waals surface area (Å²) in [6.07, 6.45) is 4.49. The Hall–Kier alpha value is -1.07. The molecule has 3 rings (SSSR count). The summed E-state index contributed by atoms with van der Waals surface area (Å²) in [7, 11) is 0. The number of nitrogens with one attached hydrogen (secondary N) is 1. The Bertz CT molecular complexity index is 443. The number of hydrogen-bond donors (Lipinski definition) is 1. The van der Waals surface area contributed by atoms with Crippen LogP contribution in [-0.2, 0) is 4.74 Å². The van der Waals surface area contributed by atoms with Crippen molar-refractivity contribution in [2.24, 2.45) is 0 Å². The average molecular weight is 294 g/mol. The molecule has 110 valence electrons. The molecule has 0 bridgehead atoms. The molecule has 0 saturated carbocycles. The lowest BCUT2D eigenvalue weighted by Gasteiger charge is -2.28. The standard InChI is InChI=1S/C15H22N2O2S/c1-11(14-5-3-8-19-14)16-15(18)17-7-2-4-13(17)12-6-9-20-10-12/h6,9-11,13-14H,2-5,7-8H2,1H3,(H,16,18). The zero-order valence-corrected chi connectivity index (χ0v) is 12.7. The molecule has 2 fully saturated rings. The van der Waals surface area contributed by atoms with Gasteiger partial charge in [0.25, 0.3) is 0 Å². The smallest absolute Gasteiger partial charge is 0.318 e. The second-order valence-corrected chi connectivity index (χ2v) is 6.48. The summed E-state index contributed by atoms with van der Waals surface area (Å²) in [6.45, 7) is 3.72. The zero-order valence-electron chi connectivity index (χ0n) is 11.9. The number of carbonyl (C=O) groups excluding carboxylic acids is 1. The Kier molecular flexibility index (Phi) is 4.27. The van der Waals surface area contributed by atoms with Gasteiger partial charge in [-0.2, -0.15) is 11.3 Å². The average Bonchev–Trinajstić information content (AvgIpc) is 3.19. The van der Waals surface area contributed by atoms with E-state index in [0.29, 0.717) is 0 Å². The predicted octanol–water partition coefficient (Wildman–Crippen LogP) is 3.16. The van der Waals surface area contributed by atoms with Gasteiger partial charge in [-0.1, -0.05) is 0 Å². The normalized spacial score (nSPS) is 27.8. The van der Waals surface area contributed by atoms with Crippen molar-refractivity contribution >= 4 is 17.4 Å². The van der Waals surface area contributed by atoms with E-state index < -0.39 is 0 Å². The minimum absolute atomic E-state index is 0.0571. The highest BCUT2D eigenvalue weighted by Crippen LogP contribution is 2.33. The Morgan fingerprint density at radius 3 is 3.10 bits per heavy atom. The molecule has 3 heterocycles. The third-order valence-electron chi connectivity index (χ3n) is 4.32. The summed E-state index contributed by atoms with van der Waals surface area (Å²) in [5.41, 5.74) is 1.27. The number of ether oxygens (including phenoxy) is 1. The number of nitrogens with zero attached hydrogens (tertiary/aromatic N) is 1. The van der Waals surface area contributed by atoms with Gasteiger partial charge in [0.2, 0.25) is 0 Å². The largest absolute Gasteiger partial charge is 0.376 e. The van der Waals surface area contributed by atoms with Crippen LogP contribution in [-0.4, -0.2) is 36.2 Å². The molecule has 0 radical (unpaired) electrons. The fourth-order valence-electron chi connectivity index (χ4n) is 3.19. The molecule has 20 heavy (non-hydrogen) atoms. The highest BCUT2D eigenvalue weighted by Gasteiger charge is 2.32. The van der Waals surface area contributed by atoms with Crippen LogP contribution in [0.5, 0.6) is 0 Å². The number of urea groups is 1. The van der Waals surface area contributed by atoms with Crippen LogP contribution in [0.25, 0.3) is 0 Å². The second kappa shape index (κ2) is 6.14. The number of rotatable bonds is 3. The Morgan fingerprint density at radius 2 is 2.40 bits per heavy atom. The Labute approximate surface area is 124 Å². The van der Waals surface area contributed by atoms with Gasteiger partial charge in [-0.15, -0.1) is 0 Å². The van der Waals surface area contributed by atoms with Crippen LogP contribution in [0.2, 0.25) is 0 Å². The maximum atomic E-state index is 12.5. The molecule has 5 heteroatoms. The molecule has 1 N–H and O–H groups in total. The van der Waals surface area contributed by atoms with Crippen molar-refractivity contribution in [1.82, 2.24) is 10.2 Å². The van der Waals surface area contributed by atoms with Crippen LogP contribution in [0.4, 0.5) is 4.79 Å². The van der Waals surface area contributed by atoms with Crippen molar-refractivity contribution in [3.05, 3.63) is 22.4 Å². The fourth-order valence-corrected chi connectivity index (χ4v) is 3.90. The van der Waals surface area contributed by atoms with Crippen LogP contribution < -0.4 is 5.32 Å². The fraction of sp³-hybridized carbons (Fsp3) is 0.667. The molecule has 1 aromatic heterocycles. The molecule has 2 aliphatic heterocycles. The van der Waals surface area contributed by atoms with E-state index in [-0.39, 0.29) is 24.2 Å². The molecular formula is C15H22N2O2S. The molecule has 2 saturated heterocycles. The van der Waals surface area contributed by atoms with Gasteiger partial charge in [-0.3, -0.25) is 0 Å². The first-order valence-electron chi connectivity index (χ1n) is 7.46. The SMILES string of the molecule is CC(NC(=O)N1CCCC1c1ccsc1)C1CCCO1. The van der Waals surface area contributed by atoms with Gasteiger partial charge in [-0.05, 0) is 55.0 Å². The first kappa shape index (κ1) is 13.9. The third-order valence-corrected chi connectivity index (χ3v) is 5.02. The lowest BCUT2D eigenvalue weighted by Crippen LogP contribution is -2.47. The van der Waals surface area contributed by atoms with Gasteiger partial charge in [0.05, 0.1) is 18.2 Å². The summed E-state index contributed by atoms with van der Waals surface area (Å²) in [5.74, 6) is 0. The van der Waals surface area contributed by atoms with Crippen LogP contribution >= 0.6 is 11.3 Å². The van der Waals surface area contributed by atoms with Crippen molar-refractivity contribution in [2.75, 3.05) is 13.2 Å². The van der Waals surface area contributed by atoms with Gasteiger partial charge >= 0.3 is 6.03 Å². The number of likely N-dealkylation sites (tertiary alicyclic amines) is 1. The van der Waals surface area contributed by atoms with E-state index in [1.54, 1.807) is 11.3 Å². The van der Waals surface area contributed by atoms with Crippen molar-refractivity contribution in [3.63, 3.8) is 0 Å². The third kappa shape index (κ3) is 2.83. The monoisotopic (exact) mass is 294 g/mol. The van der Waals surface area contributed by atoms with Crippen LogP contribution in [0.3, 0.4) is 0 Å². The lowest BCUT2D eigenvalue weighted by atomic mass is 10.1. The van der Waals surface area contributed by atoms with Gasteiger partial charge in [-0.25, -0.2) is 4.79 Å². The molecule has 0 aliphatic carbocycles.